The summed E-state index contributed by atoms with van der Waals surface area (Å²) in [5.74, 6) is 0.731. The Morgan fingerprint density at radius 1 is 1.46 bits per heavy atom. The number of hydrogen-bond acceptors (Lipinski definition) is 2. The molecule has 13 heavy (non-hydrogen) atoms. The Morgan fingerprint density at radius 3 is 2.54 bits per heavy atom. The van der Waals surface area contributed by atoms with Gasteiger partial charge >= 0.3 is 0 Å². The van der Waals surface area contributed by atoms with Crippen LogP contribution in [0, 0.1) is 0 Å². The molecule has 3 heteroatoms. The van der Waals surface area contributed by atoms with Crippen LogP contribution in [0.1, 0.15) is 33.1 Å². The molecule has 0 unspecified atom stereocenters. The Labute approximate surface area is 81.0 Å². The summed E-state index contributed by atoms with van der Waals surface area (Å²) in [6, 6.07) is 0.484. The summed E-state index contributed by atoms with van der Waals surface area (Å²) in [4.78, 5) is 6.91. The molecule has 1 rings (SSSR count). The van der Waals surface area contributed by atoms with Gasteiger partial charge in [-0.25, -0.2) is 0 Å². The summed E-state index contributed by atoms with van der Waals surface area (Å²) < 4.78 is 0. The van der Waals surface area contributed by atoms with Gasteiger partial charge in [0.15, 0.2) is 0 Å². The zero-order valence-corrected chi connectivity index (χ0v) is 8.79. The standard InChI is InChI=1S/C10H21N3/c1-3-6-13-7-4-10(5-8-13)12-9(2)11/h10H,3-8H2,1-2H3,(H2,11,12). The Hall–Kier alpha value is -0.570. The molecule has 1 fully saturated rings. The van der Waals surface area contributed by atoms with Crippen LogP contribution in [0.15, 0.2) is 4.99 Å². The molecule has 0 aromatic rings. The number of nitrogens with two attached hydrogens (primary N) is 1. The van der Waals surface area contributed by atoms with Crippen molar-refractivity contribution < 1.29 is 0 Å². The molecule has 1 aliphatic rings. The minimum absolute atomic E-state index is 0.484. The Bertz CT molecular complexity index is 165. The van der Waals surface area contributed by atoms with Crippen molar-refractivity contribution in [1.29, 1.82) is 0 Å². The minimum Gasteiger partial charge on any atom is -0.388 e. The zero-order chi connectivity index (χ0) is 9.68. The lowest BCUT2D eigenvalue weighted by Gasteiger charge is -2.29. The molecule has 0 atom stereocenters. The molecule has 0 bridgehead atoms. The van der Waals surface area contributed by atoms with E-state index in [1.165, 1.54) is 38.9 Å². The quantitative estimate of drug-likeness (QED) is 0.528. The van der Waals surface area contributed by atoms with Crippen molar-refractivity contribution in [2.45, 2.75) is 39.2 Å². The van der Waals surface area contributed by atoms with Crippen LogP contribution in [-0.4, -0.2) is 36.4 Å². The molecule has 0 radical (unpaired) electrons. The average Bonchev–Trinajstić information content (AvgIpc) is 2.08. The summed E-state index contributed by atoms with van der Waals surface area (Å²) in [7, 11) is 0. The van der Waals surface area contributed by atoms with Gasteiger partial charge in [-0.05, 0) is 32.7 Å². The largest absolute Gasteiger partial charge is 0.388 e. The first-order chi connectivity index (χ1) is 6.22. The van der Waals surface area contributed by atoms with Gasteiger partial charge in [0.25, 0.3) is 0 Å². The maximum absolute atomic E-state index is 5.55. The van der Waals surface area contributed by atoms with Crippen molar-refractivity contribution in [3.63, 3.8) is 0 Å². The molecule has 0 aliphatic carbocycles. The number of likely N-dealkylation sites (tertiary alicyclic amines) is 1. The lowest BCUT2D eigenvalue weighted by Crippen LogP contribution is -2.36. The summed E-state index contributed by atoms with van der Waals surface area (Å²) in [5, 5.41) is 0. The third kappa shape index (κ3) is 3.77. The lowest BCUT2D eigenvalue weighted by atomic mass is 10.1. The first-order valence-corrected chi connectivity index (χ1v) is 5.24. The van der Waals surface area contributed by atoms with E-state index < -0.39 is 0 Å². The molecular formula is C10H21N3. The smallest absolute Gasteiger partial charge is 0.0909 e. The lowest BCUT2D eigenvalue weighted by molar-refractivity contribution is 0.214. The van der Waals surface area contributed by atoms with Crippen LogP contribution < -0.4 is 5.73 Å². The maximum Gasteiger partial charge on any atom is 0.0909 e. The summed E-state index contributed by atoms with van der Waals surface area (Å²) in [5.41, 5.74) is 5.55. The maximum atomic E-state index is 5.55. The molecule has 1 saturated heterocycles. The predicted octanol–water partition coefficient (Wildman–Crippen LogP) is 1.24. The number of amidine groups is 1. The SMILES string of the molecule is CCCN1CCC(N=C(C)N)CC1. The van der Waals surface area contributed by atoms with E-state index in [1.807, 2.05) is 6.92 Å². The van der Waals surface area contributed by atoms with E-state index in [0.29, 0.717) is 6.04 Å². The van der Waals surface area contributed by atoms with Crippen LogP contribution in [0.3, 0.4) is 0 Å². The molecule has 1 heterocycles. The third-order valence-corrected chi connectivity index (χ3v) is 2.48. The number of aliphatic imine (C=N–C) groups is 1. The molecule has 0 aromatic carbocycles. The number of piperidine rings is 1. The molecule has 1 aliphatic heterocycles. The van der Waals surface area contributed by atoms with Crippen LogP contribution in [0.25, 0.3) is 0 Å². The normalized spacial score (nSPS) is 22.2. The fourth-order valence-corrected chi connectivity index (χ4v) is 1.88. The average molecular weight is 183 g/mol. The van der Waals surface area contributed by atoms with Gasteiger partial charge in [0.1, 0.15) is 0 Å². The van der Waals surface area contributed by atoms with Gasteiger partial charge in [0.2, 0.25) is 0 Å². The van der Waals surface area contributed by atoms with E-state index in [1.54, 1.807) is 0 Å². The van der Waals surface area contributed by atoms with Crippen molar-refractivity contribution in [2.75, 3.05) is 19.6 Å². The van der Waals surface area contributed by atoms with Crippen molar-refractivity contribution in [3.8, 4) is 0 Å². The fourth-order valence-electron chi connectivity index (χ4n) is 1.88. The van der Waals surface area contributed by atoms with Crippen molar-refractivity contribution in [2.24, 2.45) is 10.7 Å². The van der Waals surface area contributed by atoms with Crippen molar-refractivity contribution in [3.05, 3.63) is 0 Å². The number of nitrogens with zero attached hydrogens (tertiary/aromatic N) is 2. The second-order valence-corrected chi connectivity index (χ2v) is 3.84. The highest BCUT2D eigenvalue weighted by atomic mass is 15.1. The van der Waals surface area contributed by atoms with Crippen LogP contribution in [0.2, 0.25) is 0 Å². The molecule has 76 valence electrons. The highest BCUT2D eigenvalue weighted by molar-refractivity contribution is 5.77. The second-order valence-electron chi connectivity index (χ2n) is 3.84. The molecule has 3 nitrogen and oxygen atoms in total. The van der Waals surface area contributed by atoms with Crippen LogP contribution in [-0.2, 0) is 0 Å². The van der Waals surface area contributed by atoms with Crippen LogP contribution >= 0.6 is 0 Å². The highest BCUT2D eigenvalue weighted by Crippen LogP contribution is 2.13. The first-order valence-electron chi connectivity index (χ1n) is 5.24. The fraction of sp³-hybridized carbons (Fsp3) is 0.900. The molecular weight excluding hydrogens is 162 g/mol. The van der Waals surface area contributed by atoms with Gasteiger partial charge in [-0.1, -0.05) is 6.92 Å². The van der Waals surface area contributed by atoms with Crippen molar-refractivity contribution in [1.82, 2.24) is 4.90 Å². The van der Waals surface area contributed by atoms with E-state index in [9.17, 15) is 0 Å². The van der Waals surface area contributed by atoms with Gasteiger partial charge in [-0.3, -0.25) is 4.99 Å². The zero-order valence-electron chi connectivity index (χ0n) is 8.79. The van der Waals surface area contributed by atoms with E-state index in [4.69, 9.17) is 5.73 Å². The van der Waals surface area contributed by atoms with Gasteiger partial charge in [0, 0.05) is 13.1 Å². The van der Waals surface area contributed by atoms with E-state index in [0.717, 1.165) is 5.84 Å². The monoisotopic (exact) mass is 183 g/mol. The predicted molar refractivity (Wildman–Crippen MR) is 57.0 cm³/mol. The number of rotatable bonds is 3. The third-order valence-electron chi connectivity index (χ3n) is 2.48. The van der Waals surface area contributed by atoms with Gasteiger partial charge in [0.05, 0.1) is 11.9 Å². The van der Waals surface area contributed by atoms with Crippen molar-refractivity contribution >= 4 is 5.84 Å². The Balaban J connectivity index is 2.26. The molecule has 0 aromatic heterocycles. The highest BCUT2D eigenvalue weighted by Gasteiger charge is 2.17. The molecule has 0 amide bonds. The van der Waals surface area contributed by atoms with Gasteiger partial charge < -0.3 is 10.6 Å². The Morgan fingerprint density at radius 2 is 2.08 bits per heavy atom. The molecule has 0 spiro atoms. The minimum atomic E-state index is 0.484. The number of hydrogen-bond donors (Lipinski definition) is 1. The van der Waals surface area contributed by atoms with E-state index in [2.05, 4.69) is 16.8 Å². The molecule has 2 N–H and O–H groups in total. The summed E-state index contributed by atoms with van der Waals surface area (Å²) >= 11 is 0. The topological polar surface area (TPSA) is 41.6 Å². The van der Waals surface area contributed by atoms with Gasteiger partial charge in [-0.15, -0.1) is 0 Å². The first kappa shape index (κ1) is 10.5. The summed E-state index contributed by atoms with van der Waals surface area (Å²) in [6.45, 7) is 7.72. The Kier molecular flexibility index (Phi) is 4.22. The van der Waals surface area contributed by atoms with Crippen LogP contribution in [0.5, 0.6) is 0 Å². The van der Waals surface area contributed by atoms with E-state index in [-0.39, 0.29) is 0 Å². The van der Waals surface area contributed by atoms with E-state index >= 15 is 0 Å². The summed E-state index contributed by atoms with van der Waals surface area (Å²) in [6.07, 6.45) is 3.60. The second kappa shape index (κ2) is 5.22. The molecule has 0 saturated carbocycles. The van der Waals surface area contributed by atoms with Crippen LogP contribution in [0.4, 0.5) is 0 Å². The van der Waals surface area contributed by atoms with Gasteiger partial charge in [-0.2, -0.15) is 0 Å².